The van der Waals surface area contributed by atoms with Gasteiger partial charge in [-0.15, -0.1) is 11.3 Å². The molecule has 4 heteroatoms. The van der Waals surface area contributed by atoms with E-state index in [4.69, 9.17) is 0 Å². The Balaban J connectivity index is 1.14. The molecule has 331 valence electrons. The Morgan fingerprint density at radius 3 is 1.76 bits per heavy atom. The summed E-state index contributed by atoms with van der Waals surface area (Å²) in [6, 6.07) is 55.1. The predicted molar refractivity (Wildman–Crippen MR) is 292 cm³/mol. The zero-order chi connectivity index (χ0) is 46.2. The summed E-state index contributed by atoms with van der Waals surface area (Å²) in [5.41, 5.74) is 19.9. The van der Waals surface area contributed by atoms with Crippen molar-refractivity contribution in [2.45, 2.75) is 110 Å². The molecule has 2 aliphatic carbocycles. The highest BCUT2D eigenvalue weighted by atomic mass is 32.1. The average molecular weight is 888 g/mol. The standard InChI is InChI=1S/C63H60BN2S/c1-38-33-48-50(62(6,7)31-29-60(48,2)3)36-52(38)66-53-34-42-20-14-15-21-44(42)55(56(53)64-59-58(66)47-35-49-51(37-54(47)67-59)63(8,9)32-30-61(49,4)5)46-28-25-41-19-13-16-22-45(41)57(46)65-43-26-23-40(24-27-43)39-17-11-10-12-18-39/h10-28,33-37,65H,29-32H2,1-9H3. The lowest BCUT2D eigenvalue weighted by Gasteiger charge is -2.44. The SMILES string of the molecule is Cc1cc2c(cc1N1c3cc4ccccc4c(-c4ccc5ccccc5c4Nc4ccc(-c5ccccc5)cc4)c3[B]c3sc4cc5c(cc4c31)C(C)(C)CCC5(C)C)C(C)(C)CCC2(C)C. The van der Waals surface area contributed by atoms with E-state index in [0.717, 1.165) is 11.4 Å². The van der Waals surface area contributed by atoms with Crippen molar-refractivity contribution in [1.82, 2.24) is 0 Å². The fraction of sp³-hybridized carbons (Fsp3) is 0.270. The number of hydrogen-bond acceptors (Lipinski definition) is 3. The van der Waals surface area contributed by atoms with Gasteiger partial charge in [0.1, 0.15) is 0 Å². The van der Waals surface area contributed by atoms with Crippen molar-refractivity contribution < 1.29 is 0 Å². The molecule has 0 saturated heterocycles. The lowest BCUT2D eigenvalue weighted by molar-refractivity contribution is 0.332. The Labute approximate surface area is 402 Å². The Bertz CT molecular complexity index is 3480. The molecule has 0 spiro atoms. The molecule has 1 radical (unpaired) electrons. The molecule has 3 aliphatic rings. The highest BCUT2D eigenvalue weighted by Gasteiger charge is 2.42. The molecule has 0 bridgehead atoms. The van der Waals surface area contributed by atoms with Gasteiger partial charge in [0.05, 0.1) is 11.4 Å². The number of rotatable bonds is 5. The van der Waals surface area contributed by atoms with Crippen LogP contribution in [0.25, 0.3) is 53.9 Å². The number of nitrogens with zero attached hydrogens (tertiary/aromatic N) is 1. The third-order valence-electron chi connectivity index (χ3n) is 16.3. The highest BCUT2D eigenvalue weighted by molar-refractivity contribution is 7.29. The Kier molecular flexibility index (Phi) is 9.43. The van der Waals surface area contributed by atoms with E-state index in [0.29, 0.717) is 0 Å². The van der Waals surface area contributed by atoms with Gasteiger partial charge in [0.25, 0.3) is 0 Å². The molecule has 1 N–H and O–H groups in total. The number of anilines is 5. The van der Waals surface area contributed by atoms with Gasteiger partial charge < -0.3 is 10.2 Å². The highest BCUT2D eigenvalue weighted by Crippen LogP contribution is 2.54. The van der Waals surface area contributed by atoms with E-state index >= 15 is 0 Å². The third kappa shape index (κ3) is 6.72. The molecule has 67 heavy (non-hydrogen) atoms. The number of nitrogens with one attached hydrogen (secondary N) is 1. The summed E-state index contributed by atoms with van der Waals surface area (Å²) in [4.78, 5) is 2.70. The average Bonchev–Trinajstić information content (AvgIpc) is 3.68. The predicted octanol–water partition coefficient (Wildman–Crippen LogP) is 16.7. The first-order valence-corrected chi connectivity index (χ1v) is 25.3. The summed E-state index contributed by atoms with van der Waals surface area (Å²) in [6.45, 7) is 22.0. The van der Waals surface area contributed by atoms with Crippen molar-refractivity contribution in [2.24, 2.45) is 0 Å². The van der Waals surface area contributed by atoms with Crippen LogP contribution >= 0.6 is 11.3 Å². The Hall–Kier alpha value is -6.10. The van der Waals surface area contributed by atoms with E-state index < -0.39 is 0 Å². The maximum absolute atomic E-state index is 4.03. The molecule has 12 rings (SSSR count). The van der Waals surface area contributed by atoms with Gasteiger partial charge in [-0.1, -0.05) is 165 Å². The van der Waals surface area contributed by atoms with Gasteiger partial charge in [-0.25, -0.2) is 0 Å². The summed E-state index contributed by atoms with van der Waals surface area (Å²) in [7, 11) is 2.55. The van der Waals surface area contributed by atoms with Crippen LogP contribution < -0.4 is 20.5 Å². The van der Waals surface area contributed by atoms with Crippen molar-refractivity contribution in [3.8, 4) is 22.3 Å². The molecular weight excluding hydrogens is 828 g/mol. The number of aryl methyl sites for hydroxylation is 1. The van der Waals surface area contributed by atoms with Crippen molar-refractivity contribution in [1.29, 1.82) is 0 Å². The summed E-state index contributed by atoms with van der Waals surface area (Å²) in [6.07, 6.45) is 4.75. The van der Waals surface area contributed by atoms with Gasteiger partial charge in [-0.05, 0) is 162 Å². The lowest BCUT2D eigenvalue weighted by atomic mass is 9.60. The number of benzene rings is 8. The van der Waals surface area contributed by atoms with Crippen molar-refractivity contribution in [2.75, 3.05) is 10.2 Å². The Morgan fingerprint density at radius 1 is 0.507 bits per heavy atom. The van der Waals surface area contributed by atoms with Crippen molar-refractivity contribution in [3.05, 3.63) is 173 Å². The molecule has 1 aliphatic heterocycles. The minimum Gasteiger partial charge on any atom is -0.355 e. The lowest BCUT2D eigenvalue weighted by Crippen LogP contribution is -2.40. The second kappa shape index (κ2) is 15.0. The van der Waals surface area contributed by atoms with Gasteiger partial charge in [0.2, 0.25) is 7.28 Å². The molecule has 0 amide bonds. The largest absolute Gasteiger partial charge is 0.355 e. The van der Waals surface area contributed by atoms with E-state index in [1.54, 1.807) is 0 Å². The second-order valence-corrected chi connectivity index (χ2v) is 23.7. The molecule has 0 saturated carbocycles. The van der Waals surface area contributed by atoms with Gasteiger partial charge in [0, 0.05) is 38.1 Å². The maximum Gasteiger partial charge on any atom is 0.211 e. The molecule has 1 aromatic heterocycles. The van der Waals surface area contributed by atoms with Gasteiger partial charge in [0.15, 0.2) is 0 Å². The fourth-order valence-corrected chi connectivity index (χ4v) is 13.2. The summed E-state index contributed by atoms with van der Waals surface area (Å²) < 4.78 is 2.69. The second-order valence-electron chi connectivity index (χ2n) is 22.6. The van der Waals surface area contributed by atoms with E-state index in [-0.39, 0.29) is 21.7 Å². The van der Waals surface area contributed by atoms with Crippen LogP contribution in [0.2, 0.25) is 0 Å². The maximum atomic E-state index is 4.03. The molecule has 2 heterocycles. The summed E-state index contributed by atoms with van der Waals surface area (Å²) in [5, 5.41) is 10.3. The fourth-order valence-electron chi connectivity index (χ4n) is 12.1. The van der Waals surface area contributed by atoms with Crippen LogP contribution in [0.3, 0.4) is 0 Å². The first-order chi connectivity index (χ1) is 32.1. The zero-order valence-corrected chi connectivity index (χ0v) is 41.4. The number of thiophene rings is 1. The molecule has 0 fully saturated rings. The quantitative estimate of drug-likeness (QED) is 0.173. The van der Waals surface area contributed by atoms with Crippen molar-refractivity contribution in [3.63, 3.8) is 0 Å². The normalized spacial score (nSPS) is 17.4. The molecule has 0 atom stereocenters. The first-order valence-electron chi connectivity index (χ1n) is 24.5. The van der Waals surface area contributed by atoms with E-state index in [9.17, 15) is 0 Å². The van der Waals surface area contributed by atoms with Crippen LogP contribution in [0.4, 0.5) is 28.4 Å². The third-order valence-corrected chi connectivity index (χ3v) is 17.4. The van der Waals surface area contributed by atoms with E-state index in [1.165, 1.54) is 135 Å². The summed E-state index contributed by atoms with van der Waals surface area (Å²) in [5.74, 6) is 0. The minimum atomic E-state index is 0.0613. The van der Waals surface area contributed by atoms with Gasteiger partial charge >= 0.3 is 0 Å². The smallest absolute Gasteiger partial charge is 0.211 e. The molecule has 0 unspecified atom stereocenters. The van der Waals surface area contributed by atoms with Crippen LogP contribution in [0.5, 0.6) is 0 Å². The molecule has 2 nitrogen and oxygen atoms in total. The van der Waals surface area contributed by atoms with Crippen LogP contribution in [0.1, 0.15) is 109 Å². The zero-order valence-electron chi connectivity index (χ0n) is 40.6. The van der Waals surface area contributed by atoms with Crippen LogP contribution in [0, 0.1) is 6.92 Å². The van der Waals surface area contributed by atoms with Gasteiger partial charge in [-0.3, -0.25) is 0 Å². The van der Waals surface area contributed by atoms with E-state index in [1.807, 2.05) is 11.3 Å². The molecule has 8 aromatic carbocycles. The number of hydrogen-bond donors (Lipinski definition) is 1. The first kappa shape index (κ1) is 42.3. The monoisotopic (exact) mass is 887 g/mol. The Morgan fingerprint density at radius 2 is 1.07 bits per heavy atom. The van der Waals surface area contributed by atoms with Crippen LogP contribution in [-0.2, 0) is 21.7 Å². The van der Waals surface area contributed by atoms with Crippen LogP contribution in [-0.4, -0.2) is 7.28 Å². The molecule has 9 aromatic rings. The van der Waals surface area contributed by atoms with Crippen LogP contribution in [0.15, 0.2) is 146 Å². The number of fused-ring (bicyclic) bond motifs is 8. The summed E-state index contributed by atoms with van der Waals surface area (Å²) >= 11 is 1.97. The van der Waals surface area contributed by atoms with Crippen molar-refractivity contribution >= 4 is 88.9 Å². The molecular formula is C63H60BN2S. The minimum absolute atomic E-state index is 0.0613. The van der Waals surface area contributed by atoms with Gasteiger partial charge in [-0.2, -0.15) is 0 Å². The van der Waals surface area contributed by atoms with E-state index in [2.05, 4.69) is 225 Å². The topological polar surface area (TPSA) is 15.3 Å².